The number of H-pyrrole nitrogens is 1. The van der Waals surface area contributed by atoms with Crippen molar-refractivity contribution in [3.05, 3.63) is 23.3 Å². The van der Waals surface area contributed by atoms with Crippen LogP contribution in [0.5, 0.6) is 0 Å². The number of aromatic nitrogens is 2. The monoisotopic (exact) mass is 293 g/mol. The van der Waals surface area contributed by atoms with E-state index in [-0.39, 0.29) is 11.3 Å². The third-order valence-electron chi connectivity index (χ3n) is 4.14. The molecule has 0 saturated heterocycles. The van der Waals surface area contributed by atoms with E-state index in [1.165, 1.54) is 17.4 Å². The molecule has 0 atom stereocenters. The van der Waals surface area contributed by atoms with Gasteiger partial charge in [0.25, 0.3) is 0 Å². The van der Waals surface area contributed by atoms with Crippen LogP contribution in [0.25, 0.3) is 11.0 Å². The summed E-state index contributed by atoms with van der Waals surface area (Å²) >= 11 is 0. The maximum absolute atomic E-state index is 11.4. The molecule has 20 heavy (non-hydrogen) atoms. The summed E-state index contributed by atoms with van der Waals surface area (Å²) in [4.78, 5) is 7.75. The first-order chi connectivity index (χ1) is 9.33. The van der Waals surface area contributed by atoms with Crippen LogP contribution in [0.15, 0.2) is 12.1 Å². The van der Waals surface area contributed by atoms with Crippen LogP contribution in [-0.2, 0) is 9.84 Å². The van der Waals surface area contributed by atoms with Gasteiger partial charge in [-0.15, -0.1) is 0 Å². The number of nitrogens with one attached hydrogen (secondary N) is 2. The molecule has 0 bridgehead atoms. The zero-order valence-corrected chi connectivity index (χ0v) is 12.7. The number of fused-ring (bicyclic) bond motifs is 1. The number of anilines is 1. The van der Waals surface area contributed by atoms with E-state index in [1.807, 2.05) is 0 Å². The van der Waals surface area contributed by atoms with Crippen molar-refractivity contribution in [1.82, 2.24) is 9.97 Å². The molecule has 2 N–H and O–H groups in total. The average Bonchev–Trinajstić information content (AvgIpc) is 2.63. The first-order valence-corrected chi connectivity index (χ1v) is 8.71. The predicted octanol–water partition coefficient (Wildman–Crippen LogP) is 2.17. The number of hydrogen-bond acceptors (Lipinski definition) is 4. The maximum Gasteiger partial charge on any atom is 0.201 e. The lowest BCUT2D eigenvalue weighted by atomic mass is 9.92. The van der Waals surface area contributed by atoms with Crippen LogP contribution >= 0.6 is 0 Å². The average molecular weight is 293 g/mol. The van der Waals surface area contributed by atoms with Gasteiger partial charge in [-0.1, -0.05) is 0 Å². The van der Waals surface area contributed by atoms with Crippen molar-refractivity contribution >= 4 is 26.8 Å². The van der Waals surface area contributed by atoms with Crippen molar-refractivity contribution in [2.75, 3.05) is 11.6 Å². The molecule has 6 heteroatoms. The highest BCUT2D eigenvalue weighted by atomic mass is 32.2. The van der Waals surface area contributed by atoms with Crippen molar-refractivity contribution < 1.29 is 8.42 Å². The van der Waals surface area contributed by atoms with Gasteiger partial charge in [0.05, 0.1) is 16.3 Å². The van der Waals surface area contributed by atoms with Gasteiger partial charge in [-0.2, -0.15) is 0 Å². The third kappa shape index (κ3) is 2.40. The molecule has 1 heterocycles. The molecule has 0 aliphatic heterocycles. The zero-order chi connectivity index (χ0) is 14.5. The lowest BCUT2D eigenvalue weighted by molar-refractivity contribution is 0.433. The predicted molar refractivity (Wildman–Crippen MR) is 80.8 cm³/mol. The van der Waals surface area contributed by atoms with E-state index in [0.29, 0.717) is 12.8 Å². The van der Waals surface area contributed by atoms with E-state index in [1.54, 1.807) is 0 Å². The summed E-state index contributed by atoms with van der Waals surface area (Å²) in [5.74, 6) is 0.724. The van der Waals surface area contributed by atoms with Crippen molar-refractivity contribution in [2.24, 2.45) is 0 Å². The van der Waals surface area contributed by atoms with Crippen LogP contribution in [0.2, 0.25) is 0 Å². The number of aryl methyl sites for hydroxylation is 2. The molecule has 3 rings (SSSR count). The molecule has 108 valence electrons. The molecule has 0 amide bonds. The Bertz CT molecular complexity index is 719. The third-order valence-corrected chi connectivity index (χ3v) is 5.73. The van der Waals surface area contributed by atoms with Crippen LogP contribution in [0, 0.1) is 13.8 Å². The van der Waals surface area contributed by atoms with E-state index >= 15 is 0 Å². The maximum atomic E-state index is 11.4. The highest BCUT2D eigenvalue weighted by Gasteiger charge is 2.36. The summed E-state index contributed by atoms with van der Waals surface area (Å²) in [6, 6.07) is 4.34. The topological polar surface area (TPSA) is 74.8 Å². The Balaban J connectivity index is 1.74. The Labute approximate surface area is 118 Å². The van der Waals surface area contributed by atoms with E-state index in [2.05, 4.69) is 41.3 Å². The van der Waals surface area contributed by atoms with Gasteiger partial charge in [0.2, 0.25) is 5.95 Å². The number of rotatable bonds is 3. The Morgan fingerprint density at radius 3 is 2.55 bits per heavy atom. The van der Waals surface area contributed by atoms with Gasteiger partial charge in [0.1, 0.15) is 9.84 Å². The SMILES string of the molecule is Cc1cc2nc(NC3CC(S(C)(=O)=O)C3)[nH]c2cc1C. The fraction of sp³-hybridized carbons (Fsp3) is 0.500. The summed E-state index contributed by atoms with van der Waals surface area (Å²) in [5.41, 5.74) is 4.40. The van der Waals surface area contributed by atoms with Gasteiger partial charge in [0.15, 0.2) is 0 Å². The standard InChI is InChI=1S/C14H19N3O2S/c1-8-4-12-13(5-9(8)2)17-14(16-12)15-10-6-11(7-10)20(3,18)19/h4-5,10-11H,6-7H2,1-3H3,(H2,15,16,17). The van der Waals surface area contributed by atoms with Gasteiger partial charge < -0.3 is 10.3 Å². The number of hydrogen-bond donors (Lipinski definition) is 2. The normalized spacial score (nSPS) is 22.8. The Morgan fingerprint density at radius 1 is 1.25 bits per heavy atom. The second kappa shape index (κ2) is 4.48. The first-order valence-electron chi connectivity index (χ1n) is 6.75. The van der Waals surface area contributed by atoms with Crippen molar-refractivity contribution in [1.29, 1.82) is 0 Å². The van der Waals surface area contributed by atoms with E-state index in [0.717, 1.165) is 17.0 Å². The summed E-state index contributed by atoms with van der Waals surface area (Å²) in [7, 11) is -2.90. The summed E-state index contributed by atoms with van der Waals surface area (Å²) in [6.45, 7) is 4.14. The van der Waals surface area contributed by atoms with E-state index in [4.69, 9.17) is 0 Å². The number of sulfone groups is 1. The molecular formula is C14H19N3O2S. The van der Waals surface area contributed by atoms with Gasteiger partial charge >= 0.3 is 0 Å². The molecule has 2 aromatic rings. The van der Waals surface area contributed by atoms with Gasteiger partial charge in [-0.05, 0) is 49.9 Å². The van der Waals surface area contributed by atoms with Gasteiger partial charge in [-0.3, -0.25) is 0 Å². The van der Waals surface area contributed by atoms with Crippen LogP contribution < -0.4 is 5.32 Å². The molecule has 0 unspecified atom stereocenters. The molecule has 1 aromatic carbocycles. The van der Waals surface area contributed by atoms with Crippen molar-refractivity contribution in [3.8, 4) is 0 Å². The molecule has 1 saturated carbocycles. The molecule has 0 spiro atoms. The fourth-order valence-electron chi connectivity index (χ4n) is 2.56. The highest BCUT2D eigenvalue weighted by molar-refractivity contribution is 7.91. The van der Waals surface area contributed by atoms with Gasteiger partial charge in [-0.25, -0.2) is 13.4 Å². The quantitative estimate of drug-likeness (QED) is 0.909. The van der Waals surface area contributed by atoms with Crippen LogP contribution in [0.4, 0.5) is 5.95 Å². The highest BCUT2D eigenvalue weighted by Crippen LogP contribution is 2.29. The number of nitrogens with zero attached hydrogens (tertiary/aromatic N) is 1. The summed E-state index contributed by atoms with van der Waals surface area (Å²) in [6.07, 6.45) is 2.63. The molecule has 1 fully saturated rings. The largest absolute Gasteiger partial charge is 0.353 e. The molecule has 1 aromatic heterocycles. The second-order valence-electron chi connectivity index (χ2n) is 5.80. The molecule has 1 aliphatic rings. The van der Waals surface area contributed by atoms with Crippen LogP contribution in [0.3, 0.4) is 0 Å². The summed E-state index contributed by atoms with van der Waals surface area (Å²) in [5, 5.41) is 3.08. The van der Waals surface area contributed by atoms with Crippen LogP contribution in [-0.4, -0.2) is 35.9 Å². The number of benzene rings is 1. The number of aromatic amines is 1. The molecule has 1 aliphatic carbocycles. The zero-order valence-electron chi connectivity index (χ0n) is 11.9. The van der Waals surface area contributed by atoms with Gasteiger partial charge in [0, 0.05) is 12.3 Å². The minimum absolute atomic E-state index is 0.192. The van der Waals surface area contributed by atoms with E-state index < -0.39 is 9.84 Å². The van der Waals surface area contributed by atoms with Crippen LogP contribution in [0.1, 0.15) is 24.0 Å². The molecule has 0 radical (unpaired) electrons. The molecular weight excluding hydrogens is 274 g/mol. The lowest BCUT2D eigenvalue weighted by Gasteiger charge is -2.34. The van der Waals surface area contributed by atoms with Crippen molar-refractivity contribution in [2.45, 2.75) is 38.0 Å². The summed E-state index contributed by atoms with van der Waals surface area (Å²) < 4.78 is 22.8. The number of imidazole rings is 1. The Morgan fingerprint density at radius 2 is 1.90 bits per heavy atom. The van der Waals surface area contributed by atoms with Crippen molar-refractivity contribution in [3.63, 3.8) is 0 Å². The Kier molecular flexibility index (Phi) is 3.01. The fourth-order valence-corrected chi connectivity index (χ4v) is 3.73. The minimum Gasteiger partial charge on any atom is -0.353 e. The minimum atomic E-state index is -2.90. The molecule has 5 nitrogen and oxygen atoms in total. The lowest BCUT2D eigenvalue weighted by Crippen LogP contribution is -2.43. The second-order valence-corrected chi connectivity index (χ2v) is 8.13. The van der Waals surface area contributed by atoms with E-state index in [9.17, 15) is 8.42 Å². The Hall–Kier alpha value is -1.56. The smallest absolute Gasteiger partial charge is 0.201 e. The first kappa shape index (κ1) is 13.4.